The molecule has 1 aliphatic rings. The predicted octanol–water partition coefficient (Wildman–Crippen LogP) is -0.274. The van der Waals surface area contributed by atoms with Crippen molar-refractivity contribution in [2.45, 2.75) is 13.0 Å². The number of hydrogen-bond acceptors (Lipinski definition) is 6. The van der Waals surface area contributed by atoms with Crippen molar-refractivity contribution < 1.29 is 9.53 Å². The van der Waals surface area contributed by atoms with Gasteiger partial charge in [0.25, 0.3) is 5.91 Å². The van der Waals surface area contributed by atoms with Crippen molar-refractivity contribution in [3.05, 3.63) is 18.2 Å². The lowest BCUT2D eigenvalue weighted by atomic mass is 10.2. The predicted molar refractivity (Wildman–Crippen MR) is 76.2 cm³/mol. The van der Waals surface area contributed by atoms with Crippen LogP contribution in [-0.2, 0) is 9.53 Å². The van der Waals surface area contributed by atoms with E-state index in [9.17, 15) is 4.79 Å². The lowest BCUT2D eigenvalue weighted by molar-refractivity contribution is -0.141. The number of nitrogens with zero attached hydrogens (tertiary/aromatic N) is 6. The first-order chi connectivity index (χ1) is 10.1. The van der Waals surface area contributed by atoms with E-state index in [4.69, 9.17) is 4.74 Å². The number of hydrogen-bond donors (Lipinski definition) is 0. The van der Waals surface area contributed by atoms with Gasteiger partial charge in [0.1, 0.15) is 5.82 Å². The molecule has 2 aromatic rings. The largest absolute Gasteiger partial charge is 0.365 e. The molecule has 0 bridgehead atoms. The molecular weight excluding hydrogens is 272 g/mol. The highest BCUT2D eigenvalue weighted by Gasteiger charge is 2.29. The fraction of sp³-hybridized carbons (Fsp3) is 0.538. The molecule has 1 aliphatic heterocycles. The molecule has 1 saturated heterocycles. The van der Waals surface area contributed by atoms with Crippen molar-refractivity contribution in [1.82, 2.24) is 24.5 Å². The molecule has 8 heteroatoms. The third-order valence-electron chi connectivity index (χ3n) is 3.56. The second kappa shape index (κ2) is 5.28. The zero-order valence-electron chi connectivity index (χ0n) is 12.4. The summed E-state index contributed by atoms with van der Waals surface area (Å²) in [5.41, 5.74) is 0.702. The van der Waals surface area contributed by atoms with E-state index in [0.717, 1.165) is 11.6 Å². The minimum atomic E-state index is -0.472. The van der Waals surface area contributed by atoms with Crippen LogP contribution in [0.3, 0.4) is 0 Å². The Kier molecular flexibility index (Phi) is 3.46. The van der Waals surface area contributed by atoms with Crippen LogP contribution in [0.1, 0.15) is 5.82 Å². The molecule has 1 fully saturated rings. The summed E-state index contributed by atoms with van der Waals surface area (Å²) in [7, 11) is 3.46. The molecule has 0 saturated carbocycles. The molecule has 0 aliphatic carbocycles. The number of likely N-dealkylation sites (N-methyl/N-ethyl adjacent to an activating group) is 1. The van der Waals surface area contributed by atoms with Crippen LogP contribution in [0.25, 0.3) is 5.65 Å². The van der Waals surface area contributed by atoms with E-state index in [1.165, 1.54) is 0 Å². The van der Waals surface area contributed by atoms with Gasteiger partial charge in [0.2, 0.25) is 5.65 Å². The maximum atomic E-state index is 12.1. The van der Waals surface area contributed by atoms with Crippen LogP contribution < -0.4 is 4.90 Å². The van der Waals surface area contributed by atoms with E-state index >= 15 is 0 Å². The highest BCUT2D eigenvalue weighted by Crippen LogP contribution is 2.20. The molecule has 0 N–H and O–H groups in total. The van der Waals surface area contributed by atoms with Gasteiger partial charge in [0.15, 0.2) is 11.9 Å². The van der Waals surface area contributed by atoms with E-state index in [0.29, 0.717) is 25.3 Å². The molecule has 1 unspecified atom stereocenters. The Morgan fingerprint density at radius 3 is 3.00 bits per heavy atom. The first-order valence-electron chi connectivity index (χ1n) is 6.82. The molecule has 1 atom stereocenters. The molecule has 112 valence electrons. The van der Waals surface area contributed by atoms with Crippen LogP contribution in [-0.4, -0.2) is 70.3 Å². The van der Waals surface area contributed by atoms with Crippen LogP contribution >= 0.6 is 0 Å². The third kappa shape index (κ3) is 2.42. The van der Waals surface area contributed by atoms with Crippen LogP contribution in [0, 0.1) is 6.92 Å². The average molecular weight is 290 g/mol. The monoisotopic (exact) mass is 290 g/mol. The van der Waals surface area contributed by atoms with E-state index in [2.05, 4.69) is 15.2 Å². The van der Waals surface area contributed by atoms with Crippen LogP contribution in [0.4, 0.5) is 5.82 Å². The van der Waals surface area contributed by atoms with E-state index in [1.807, 2.05) is 22.4 Å². The Bertz CT molecular complexity index is 668. The minimum Gasteiger partial charge on any atom is -0.365 e. The van der Waals surface area contributed by atoms with E-state index in [-0.39, 0.29) is 5.91 Å². The average Bonchev–Trinajstić information content (AvgIpc) is 2.88. The van der Waals surface area contributed by atoms with Gasteiger partial charge in [-0.1, -0.05) is 0 Å². The number of aryl methyl sites for hydroxylation is 1. The molecule has 0 radical (unpaired) electrons. The first-order valence-corrected chi connectivity index (χ1v) is 6.82. The Morgan fingerprint density at radius 1 is 1.43 bits per heavy atom. The number of amides is 1. The van der Waals surface area contributed by atoms with Crippen molar-refractivity contribution in [2.75, 3.05) is 38.7 Å². The van der Waals surface area contributed by atoms with Crippen molar-refractivity contribution >= 4 is 17.4 Å². The molecular formula is C13H18N6O2. The Morgan fingerprint density at radius 2 is 2.24 bits per heavy atom. The summed E-state index contributed by atoms with van der Waals surface area (Å²) in [5, 5.41) is 8.24. The van der Waals surface area contributed by atoms with Gasteiger partial charge in [0, 0.05) is 33.0 Å². The SMILES string of the molecule is Cc1nnc2c(N3CCOC(C(=O)N(C)C)C3)nccn12. The summed E-state index contributed by atoms with van der Waals surface area (Å²) < 4.78 is 7.46. The molecule has 3 rings (SSSR count). The normalized spacial score (nSPS) is 19.0. The number of carbonyl (C=O) groups excluding carboxylic acids is 1. The Balaban J connectivity index is 1.90. The van der Waals surface area contributed by atoms with Gasteiger partial charge in [0.05, 0.1) is 13.2 Å². The summed E-state index contributed by atoms with van der Waals surface area (Å²) in [5.74, 6) is 1.50. The smallest absolute Gasteiger partial charge is 0.253 e. The number of fused-ring (bicyclic) bond motifs is 1. The molecule has 0 aromatic carbocycles. The molecule has 2 aromatic heterocycles. The van der Waals surface area contributed by atoms with Crippen LogP contribution in [0.5, 0.6) is 0 Å². The summed E-state index contributed by atoms with van der Waals surface area (Å²) in [6.45, 7) is 3.52. The Hall–Kier alpha value is -2.22. The molecule has 8 nitrogen and oxygen atoms in total. The van der Waals surface area contributed by atoms with Gasteiger partial charge in [-0.2, -0.15) is 0 Å². The highest BCUT2D eigenvalue weighted by molar-refractivity contribution is 5.81. The summed E-state index contributed by atoms with van der Waals surface area (Å²) >= 11 is 0. The quantitative estimate of drug-likeness (QED) is 0.757. The maximum absolute atomic E-state index is 12.1. The fourth-order valence-corrected chi connectivity index (χ4v) is 2.43. The lowest BCUT2D eigenvalue weighted by Gasteiger charge is -2.33. The number of morpholine rings is 1. The van der Waals surface area contributed by atoms with Crippen LogP contribution in [0.15, 0.2) is 12.4 Å². The molecule has 1 amide bonds. The zero-order chi connectivity index (χ0) is 15.0. The number of ether oxygens (including phenoxy) is 1. The van der Waals surface area contributed by atoms with Crippen molar-refractivity contribution in [1.29, 1.82) is 0 Å². The van der Waals surface area contributed by atoms with Crippen molar-refractivity contribution in [3.8, 4) is 0 Å². The van der Waals surface area contributed by atoms with E-state index in [1.54, 1.807) is 25.2 Å². The summed E-state index contributed by atoms with van der Waals surface area (Å²) in [6.07, 6.45) is 3.08. The van der Waals surface area contributed by atoms with Crippen molar-refractivity contribution in [3.63, 3.8) is 0 Å². The number of rotatable bonds is 2. The summed E-state index contributed by atoms with van der Waals surface area (Å²) in [6, 6.07) is 0. The van der Waals surface area contributed by atoms with Gasteiger partial charge in [-0.05, 0) is 6.92 Å². The van der Waals surface area contributed by atoms with Gasteiger partial charge >= 0.3 is 0 Å². The number of anilines is 1. The maximum Gasteiger partial charge on any atom is 0.253 e. The number of carbonyl (C=O) groups is 1. The highest BCUT2D eigenvalue weighted by atomic mass is 16.5. The standard InChI is InChI=1S/C13H18N6O2/c1-9-15-16-12-11(14-4-5-19(9)12)18-6-7-21-10(8-18)13(20)17(2)3/h4-5,10H,6-8H2,1-3H3. The second-order valence-corrected chi connectivity index (χ2v) is 5.23. The molecule has 21 heavy (non-hydrogen) atoms. The molecule has 3 heterocycles. The molecule has 0 spiro atoms. The summed E-state index contributed by atoms with van der Waals surface area (Å²) in [4.78, 5) is 20.0. The van der Waals surface area contributed by atoms with Gasteiger partial charge < -0.3 is 14.5 Å². The zero-order valence-corrected chi connectivity index (χ0v) is 12.4. The third-order valence-corrected chi connectivity index (χ3v) is 3.56. The van der Waals surface area contributed by atoms with Gasteiger partial charge in [-0.15, -0.1) is 10.2 Å². The fourth-order valence-electron chi connectivity index (χ4n) is 2.43. The Labute approximate surface area is 122 Å². The minimum absolute atomic E-state index is 0.0377. The van der Waals surface area contributed by atoms with Gasteiger partial charge in [-0.3, -0.25) is 9.20 Å². The van der Waals surface area contributed by atoms with Crippen molar-refractivity contribution in [2.24, 2.45) is 0 Å². The lowest BCUT2D eigenvalue weighted by Crippen LogP contribution is -2.50. The van der Waals surface area contributed by atoms with Crippen LogP contribution in [0.2, 0.25) is 0 Å². The second-order valence-electron chi connectivity index (χ2n) is 5.23. The van der Waals surface area contributed by atoms with Gasteiger partial charge in [-0.25, -0.2) is 4.98 Å². The topological polar surface area (TPSA) is 75.9 Å². The van der Waals surface area contributed by atoms with E-state index < -0.39 is 6.10 Å². The number of aromatic nitrogens is 4. The first kappa shape index (κ1) is 13.7.